The summed E-state index contributed by atoms with van der Waals surface area (Å²) in [7, 11) is 0. The fourth-order valence-electron chi connectivity index (χ4n) is 3.10. The largest absolute Gasteiger partial charge is 0.381 e. The standard InChI is InChI=1S/C13H26N2O.ClH/c14-7-6-13-5-1-2-8-15(13)10-12-4-3-9-16-11-12;/h12-13H,1-11,14H2;1H. The number of rotatable bonds is 4. The Labute approximate surface area is 111 Å². The van der Waals surface area contributed by atoms with Crippen LogP contribution >= 0.6 is 12.4 Å². The van der Waals surface area contributed by atoms with Crippen LogP contribution in [0.5, 0.6) is 0 Å². The molecule has 2 aliphatic heterocycles. The van der Waals surface area contributed by atoms with E-state index in [1.165, 1.54) is 51.6 Å². The van der Waals surface area contributed by atoms with Gasteiger partial charge in [0.15, 0.2) is 0 Å². The van der Waals surface area contributed by atoms with Crippen molar-refractivity contribution in [3.8, 4) is 0 Å². The molecule has 0 saturated carbocycles. The summed E-state index contributed by atoms with van der Waals surface area (Å²) >= 11 is 0. The lowest BCUT2D eigenvalue weighted by molar-refractivity contribution is 0.0236. The molecule has 0 radical (unpaired) electrons. The second-order valence-corrected chi connectivity index (χ2v) is 5.31. The molecule has 0 amide bonds. The zero-order valence-electron chi connectivity index (χ0n) is 10.8. The highest BCUT2D eigenvalue weighted by Gasteiger charge is 2.25. The quantitative estimate of drug-likeness (QED) is 0.843. The molecule has 2 rings (SSSR count). The van der Waals surface area contributed by atoms with E-state index in [0.717, 1.165) is 31.7 Å². The van der Waals surface area contributed by atoms with Gasteiger partial charge in [0.2, 0.25) is 0 Å². The van der Waals surface area contributed by atoms with E-state index in [0.29, 0.717) is 0 Å². The lowest BCUT2D eigenvalue weighted by atomic mass is 9.95. The minimum Gasteiger partial charge on any atom is -0.381 e. The van der Waals surface area contributed by atoms with Gasteiger partial charge in [-0.2, -0.15) is 0 Å². The minimum atomic E-state index is 0. The van der Waals surface area contributed by atoms with Crippen molar-refractivity contribution in [3.05, 3.63) is 0 Å². The maximum atomic E-state index is 5.70. The molecule has 0 aromatic heterocycles. The van der Waals surface area contributed by atoms with Gasteiger partial charge in [-0.1, -0.05) is 6.42 Å². The Morgan fingerprint density at radius 2 is 2.06 bits per heavy atom. The van der Waals surface area contributed by atoms with Gasteiger partial charge in [0, 0.05) is 19.2 Å². The van der Waals surface area contributed by atoms with Crippen LogP contribution in [0.2, 0.25) is 0 Å². The Bertz CT molecular complexity index is 196. The third-order valence-electron chi connectivity index (χ3n) is 4.00. The van der Waals surface area contributed by atoms with Gasteiger partial charge in [0.05, 0.1) is 6.61 Å². The highest BCUT2D eigenvalue weighted by molar-refractivity contribution is 5.85. The summed E-state index contributed by atoms with van der Waals surface area (Å²) in [5.74, 6) is 0.770. The van der Waals surface area contributed by atoms with E-state index >= 15 is 0 Å². The van der Waals surface area contributed by atoms with Crippen molar-refractivity contribution in [1.29, 1.82) is 0 Å². The first-order valence-corrected chi connectivity index (χ1v) is 6.92. The molecule has 2 unspecified atom stereocenters. The summed E-state index contributed by atoms with van der Waals surface area (Å²) in [6.45, 7) is 5.31. The molecule has 2 fully saturated rings. The van der Waals surface area contributed by atoms with E-state index in [1.807, 2.05) is 0 Å². The van der Waals surface area contributed by atoms with Crippen LogP contribution in [-0.4, -0.2) is 43.8 Å². The molecule has 102 valence electrons. The smallest absolute Gasteiger partial charge is 0.0506 e. The average molecular weight is 263 g/mol. The Morgan fingerprint density at radius 1 is 1.18 bits per heavy atom. The number of halogens is 1. The zero-order valence-corrected chi connectivity index (χ0v) is 11.6. The van der Waals surface area contributed by atoms with Crippen LogP contribution in [0, 0.1) is 5.92 Å². The molecule has 17 heavy (non-hydrogen) atoms. The highest BCUT2D eigenvalue weighted by atomic mass is 35.5. The van der Waals surface area contributed by atoms with Crippen LogP contribution in [0.25, 0.3) is 0 Å². The maximum Gasteiger partial charge on any atom is 0.0506 e. The lowest BCUT2D eigenvalue weighted by Gasteiger charge is -2.38. The summed E-state index contributed by atoms with van der Waals surface area (Å²) in [6, 6.07) is 0.751. The van der Waals surface area contributed by atoms with Gasteiger partial charge >= 0.3 is 0 Å². The fraction of sp³-hybridized carbons (Fsp3) is 1.00. The van der Waals surface area contributed by atoms with Gasteiger partial charge in [-0.3, -0.25) is 4.90 Å². The topological polar surface area (TPSA) is 38.5 Å². The van der Waals surface area contributed by atoms with Crippen molar-refractivity contribution >= 4 is 12.4 Å². The van der Waals surface area contributed by atoms with Crippen LogP contribution in [0.3, 0.4) is 0 Å². The number of piperidine rings is 1. The minimum absolute atomic E-state index is 0. The number of ether oxygens (including phenoxy) is 1. The van der Waals surface area contributed by atoms with Gasteiger partial charge < -0.3 is 10.5 Å². The summed E-state index contributed by atoms with van der Waals surface area (Å²) in [5.41, 5.74) is 5.70. The molecule has 0 aliphatic carbocycles. The first-order chi connectivity index (χ1) is 7.90. The van der Waals surface area contributed by atoms with Gasteiger partial charge in [-0.25, -0.2) is 0 Å². The van der Waals surface area contributed by atoms with Crippen molar-refractivity contribution in [2.24, 2.45) is 11.7 Å². The molecule has 2 saturated heterocycles. The predicted molar refractivity (Wildman–Crippen MR) is 73.7 cm³/mol. The molecular formula is C13H27ClN2O. The van der Waals surface area contributed by atoms with E-state index in [9.17, 15) is 0 Å². The first kappa shape index (κ1) is 15.2. The SMILES string of the molecule is Cl.NCCC1CCCCN1CC1CCCOC1. The molecular weight excluding hydrogens is 236 g/mol. The van der Waals surface area contributed by atoms with Crippen molar-refractivity contribution in [2.45, 2.75) is 44.6 Å². The van der Waals surface area contributed by atoms with Crippen molar-refractivity contribution < 1.29 is 4.74 Å². The molecule has 2 aliphatic rings. The summed E-state index contributed by atoms with van der Waals surface area (Å²) in [6.07, 6.45) is 7.89. The monoisotopic (exact) mass is 262 g/mol. The third-order valence-corrected chi connectivity index (χ3v) is 4.00. The molecule has 0 spiro atoms. The van der Waals surface area contributed by atoms with Gasteiger partial charge in [-0.15, -0.1) is 12.4 Å². The molecule has 4 heteroatoms. The van der Waals surface area contributed by atoms with E-state index in [1.54, 1.807) is 0 Å². The van der Waals surface area contributed by atoms with Crippen molar-refractivity contribution in [1.82, 2.24) is 4.90 Å². The molecule has 0 bridgehead atoms. The number of nitrogens with zero attached hydrogens (tertiary/aromatic N) is 1. The average Bonchev–Trinajstić information content (AvgIpc) is 2.33. The Morgan fingerprint density at radius 3 is 2.76 bits per heavy atom. The summed E-state index contributed by atoms with van der Waals surface area (Å²) in [4.78, 5) is 2.68. The van der Waals surface area contributed by atoms with Gasteiger partial charge in [-0.05, 0) is 51.1 Å². The highest BCUT2D eigenvalue weighted by Crippen LogP contribution is 2.23. The van der Waals surface area contributed by atoms with E-state index in [4.69, 9.17) is 10.5 Å². The molecule has 2 atom stereocenters. The van der Waals surface area contributed by atoms with E-state index < -0.39 is 0 Å². The second kappa shape index (κ2) is 8.30. The third kappa shape index (κ3) is 4.74. The molecule has 2 N–H and O–H groups in total. The van der Waals surface area contributed by atoms with Crippen LogP contribution in [-0.2, 0) is 4.74 Å². The number of hydrogen-bond acceptors (Lipinski definition) is 3. The lowest BCUT2D eigenvalue weighted by Crippen LogP contribution is -2.44. The molecule has 2 heterocycles. The Hall–Kier alpha value is 0.170. The summed E-state index contributed by atoms with van der Waals surface area (Å²) in [5, 5.41) is 0. The second-order valence-electron chi connectivity index (χ2n) is 5.31. The Balaban J connectivity index is 0.00000144. The van der Waals surface area contributed by atoms with Crippen molar-refractivity contribution in [2.75, 3.05) is 32.8 Å². The van der Waals surface area contributed by atoms with E-state index in [-0.39, 0.29) is 12.4 Å². The molecule has 3 nitrogen and oxygen atoms in total. The number of nitrogens with two attached hydrogens (primary N) is 1. The van der Waals surface area contributed by atoms with E-state index in [2.05, 4.69) is 4.90 Å². The van der Waals surface area contributed by atoms with Crippen LogP contribution in [0.4, 0.5) is 0 Å². The Kier molecular flexibility index (Phi) is 7.44. The zero-order chi connectivity index (χ0) is 11.2. The molecule has 0 aromatic carbocycles. The summed E-state index contributed by atoms with van der Waals surface area (Å²) < 4.78 is 5.57. The predicted octanol–water partition coefficient (Wildman–Crippen LogP) is 2.04. The maximum absolute atomic E-state index is 5.70. The molecule has 0 aromatic rings. The van der Waals surface area contributed by atoms with Crippen LogP contribution in [0.1, 0.15) is 38.5 Å². The normalized spacial score (nSPS) is 30.9. The number of hydrogen-bond donors (Lipinski definition) is 1. The fourth-order valence-corrected chi connectivity index (χ4v) is 3.10. The van der Waals surface area contributed by atoms with Crippen LogP contribution in [0.15, 0.2) is 0 Å². The first-order valence-electron chi connectivity index (χ1n) is 6.92. The van der Waals surface area contributed by atoms with Gasteiger partial charge in [0.25, 0.3) is 0 Å². The number of likely N-dealkylation sites (tertiary alicyclic amines) is 1. The van der Waals surface area contributed by atoms with Crippen LogP contribution < -0.4 is 5.73 Å². The van der Waals surface area contributed by atoms with Crippen molar-refractivity contribution in [3.63, 3.8) is 0 Å². The van der Waals surface area contributed by atoms with Gasteiger partial charge in [0.1, 0.15) is 0 Å².